The number of hydrogen-bond donors (Lipinski definition) is 2. The van der Waals surface area contributed by atoms with Crippen LogP contribution in [0.2, 0.25) is 0 Å². The molecule has 1 amide bonds. The highest BCUT2D eigenvalue weighted by atomic mass is 16.3. The molecular formula is C11H17NO2. The average molecular weight is 195 g/mol. The normalized spacial score (nSPS) is 23.8. The van der Waals surface area contributed by atoms with Gasteiger partial charge >= 0.3 is 0 Å². The zero-order valence-corrected chi connectivity index (χ0v) is 8.33. The van der Waals surface area contributed by atoms with E-state index in [1.807, 2.05) is 0 Å². The predicted molar refractivity (Wildman–Crippen MR) is 53.6 cm³/mol. The molecule has 1 saturated carbocycles. The summed E-state index contributed by atoms with van der Waals surface area (Å²) in [5, 5.41) is 12.0. The predicted octanol–water partition coefficient (Wildman–Crippen LogP) is 0.841. The van der Waals surface area contributed by atoms with E-state index in [1.54, 1.807) is 0 Å². The van der Waals surface area contributed by atoms with Crippen LogP contribution in [0, 0.1) is 11.3 Å². The summed E-state index contributed by atoms with van der Waals surface area (Å²) in [6, 6.07) is 0. The van der Waals surface area contributed by atoms with E-state index in [9.17, 15) is 4.79 Å². The topological polar surface area (TPSA) is 49.3 Å². The Morgan fingerprint density at radius 1 is 1.43 bits per heavy atom. The molecule has 0 aromatic carbocycles. The van der Waals surface area contributed by atoms with Crippen molar-refractivity contribution in [3.8, 4) is 0 Å². The van der Waals surface area contributed by atoms with Crippen LogP contribution < -0.4 is 5.32 Å². The molecular weight excluding hydrogens is 178 g/mol. The van der Waals surface area contributed by atoms with Crippen LogP contribution in [0.5, 0.6) is 0 Å². The molecule has 0 unspecified atom stereocenters. The van der Waals surface area contributed by atoms with Crippen molar-refractivity contribution in [1.29, 1.82) is 0 Å². The summed E-state index contributed by atoms with van der Waals surface area (Å²) in [4.78, 5) is 11.6. The van der Waals surface area contributed by atoms with Gasteiger partial charge in [-0.3, -0.25) is 4.79 Å². The highest BCUT2D eigenvalue weighted by Gasteiger charge is 2.42. The van der Waals surface area contributed by atoms with Crippen molar-refractivity contribution in [2.45, 2.75) is 25.7 Å². The molecule has 3 nitrogen and oxygen atoms in total. The van der Waals surface area contributed by atoms with E-state index in [1.165, 1.54) is 0 Å². The Morgan fingerprint density at radius 3 is 2.57 bits per heavy atom. The molecule has 0 radical (unpaired) electrons. The van der Waals surface area contributed by atoms with Crippen LogP contribution in [-0.2, 0) is 4.79 Å². The number of amides is 1. The van der Waals surface area contributed by atoms with Gasteiger partial charge < -0.3 is 10.4 Å². The van der Waals surface area contributed by atoms with E-state index in [-0.39, 0.29) is 23.8 Å². The first-order valence-corrected chi connectivity index (χ1v) is 5.29. The maximum atomic E-state index is 11.6. The van der Waals surface area contributed by atoms with Crippen molar-refractivity contribution in [1.82, 2.24) is 5.32 Å². The summed E-state index contributed by atoms with van der Waals surface area (Å²) in [6.07, 6.45) is 7.96. The number of allylic oxidation sites excluding steroid dienone is 2. The Bertz CT molecular complexity index is 248. The third-order valence-corrected chi connectivity index (χ3v) is 3.31. The molecule has 2 aliphatic rings. The second-order valence-electron chi connectivity index (χ2n) is 4.52. The maximum absolute atomic E-state index is 11.6. The summed E-state index contributed by atoms with van der Waals surface area (Å²) in [5.41, 5.74) is 0.0295. The van der Waals surface area contributed by atoms with Crippen molar-refractivity contribution in [3.05, 3.63) is 12.2 Å². The molecule has 0 heterocycles. The van der Waals surface area contributed by atoms with Crippen LogP contribution in [0.1, 0.15) is 25.7 Å². The first-order chi connectivity index (χ1) is 6.76. The summed E-state index contributed by atoms with van der Waals surface area (Å²) in [5.74, 6) is 0.291. The van der Waals surface area contributed by atoms with Crippen LogP contribution in [0.3, 0.4) is 0 Å². The Kier molecular flexibility index (Phi) is 2.59. The number of aliphatic hydroxyl groups is 1. The van der Waals surface area contributed by atoms with Gasteiger partial charge in [0.1, 0.15) is 0 Å². The minimum atomic E-state index is 0.0295. The zero-order valence-electron chi connectivity index (χ0n) is 8.33. The van der Waals surface area contributed by atoms with E-state index >= 15 is 0 Å². The molecule has 0 atom stereocenters. The number of aliphatic hydroxyl groups excluding tert-OH is 1. The molecule has 2 N–H and O–H groups in total. The molecule has 0 aromatic heterocycles. The van der Waals surface area contributed by atoms with E-state index < -0.39 is 0 Å². The number of nitrogens with one attached hydrogen (secondary N) is 1. The Balaban J connectivity index is 1.72. The minimum absolute atomic E-state index is 0.0295. The second kappa shape index (κ2) is 3.73. The lowest BCUT2D eigenvalue weighted by atomic mass is 10.1. The molecule has 78 valence electrons. The van der Waals surface area contributed by atoms with Gasteiger partial charge in [0.05, 0.1) is 6.61 Å². The standard InChI is InChI=1S/C11H17NO2/c13-8-11(5-6-11)7-12-10(14)9-3-1-2-4-9/h1-2,9,13H,3-8H2,(H,12,14). The monoisotopic (exact) mass is 195 g/mol. The van der Waals surface area contributed by atoms with Crippen LogP contribution >= 0.6 is 0 Å². The van der Waals surface area contributed by atoms with E-state index in [2.05, 4.69) is 17.5 Å². The van der Waals surface area contributed by atoms with Crippen molar-refractivity contribution < 1.29 is 9.90 Å². The van der Waals surface area contributed by atoms with Gasteiger partial charge in [-0.2, -0.15) is 0 Å². The number of carbonyl (C=O) groups is 1. The SMILES string of the molecule is O=C(NCC1(CO)CC1)C1CC=CC1. The smallest absolute Gasteiger partial charge is 0.223 e. The third-order valence-electron chi connectivity index (χ3n) is 3.31. The largest absolute Gasteiger partial charge is 0.396 e. The molecule has 0 spiro atoms. The number of hydrogen-bond acceptors (Lipinski definition) is 2. The second-order valence-corrected chi connectivity index (χ2v) is 4.52. The van der Waals surface area contributed by atoms with Gasteiger partial charge in [-0.25, -0.2) is 0 Å². The van der Waals surface area contributed by atoms with Gasteiger partial charge in [0.15, 0.2) is 0 Å². The molecule has 2 aliphatic carbocycles. The highest BCUT2D eigenvalue weighted by Crippen LogP contribution is 2.44. The molecule has 0 bridgehead atoms. The zero-order chi connectivity index (χ0) is 10.0. The van der Waals surface area contributed by atoms with Gasteiger partial charge in [-0.15, -0.1) is 0 Å². The van der Waals surface area contributed by atoms with E-state index in [4.69, 9.17) is 5.11 Å². The first kappa shape index (κ1) is 9.71. The highest BCUT2D eigenvalue weighted by molar-refractivity contribution is 5.79. The molecule has 14 heavy (non-hydrogen) atoms. The molecule has 2 rings (SSSR count). The molecule has 0 saturated heterocycles. The number of carbonyl (C=O) groups excluding carboxylic acids is 1. The third kappa shape index (κ3) is 1.98. The molecule has 0 aliphatic heterocycles. The van der Waals surface area contributed by atoms with Gasteiger partial charge in [0.2, 0.25) is 5.91 Å². The molecule has 1 fully saturated rings. The van der Waals surface area contributed by atoms with Crippen molar-refractivity contribution in [3.63, 3.8) is 0 Å². The van der Waals surface area contributed by atoms with Crippen LogP contribution in [0.4, 0.5) is 0 Å². The van der Waals surface area contributed by atoms with Crippen molar-refractivity contribution >= 4 is 5.91 Å². The summed E-state index contributed by atoms with van der Waals surface area (Å²) < 4.78 is 0. The summed E-state index contributed by atoms with van der Waals surface area (Å²) in [7, 11) is 0. The van der Waals surface area contributed by atoms with Gasteiger partial charge in [0, 0.05) is 17.9 Å². The Morgan fingerprint density at radius 2 is 2.07 bits per heavy atom. The maximum Gasteiger partial charge on any atom is 0.223 e. The molecule has 3 heteroatoms. The van der Waals surface area contributed by atoms with E-state index in [0.29, 0.717) is 6.54 Å². The quantitative estimate of drug-likeness (QED) is 0.653. The Hall–Kier alpha value is -0.830. The fourth-order valence-corrected chi connectivity index (χ4v) is 1.82. The summed E-state index contributed by atoms with van der Waals surface area (Å²) in [6.45, 7) is 0.856. The lowest BCUT2D eigenvalue weighted by Gasteiger charge is -2.15. The Labute approximate surface area is 84.2 Å². The van der Waals surface area contributed by atoms with Gasteiger partial charge in [-0.05, 0) is 25.7 Å². The average Bonchev–Trinajstić information content (AvgIpc) is 2.78. The van der Waals surface area contributed by atoms with Crippen molar-refractivity contribution in [2.24, 2.45) is 11.3 Å². The minimum Gasteiger partial charge on any atom is -0.396 e. The lowest BCUT2D eigenvalue weighted by Crippen LogP contribution is -2.35. The number of rotatable bonds is 4. The van der Waals surface area contributed by atoms with Gasteiger partial charge in [-0.1, -0.05) is 12.2 Å². The lowest BCUT2D eigenvalue weighted by molar-refractivity contribution is -0.124. The van der Waals surface area contributed by atoms with Crippen molar-refractivity contribution in [2.75, 3.05) is 13.2 Å². The van der Waals surface area contributed by atoms with Crippen LogP contribution in [0.25, 0.3) is 0 Å². The molecule has 0 aromatic rings. The van der Waals surface area contributed by atoms with E-state index in [0.717, 1.165) is 25.7 Å². The van der Waals surface area contributed by atoms with Crippen LogP contribution in [-0.4, -0.2) is 24.2 Å². The fraction of sp³-hybridized carbons (Fsp3) is 0.727. The van der Waals surface area contributed by atoms with Gasteiger partial charge in [0.25, 0.3) is 0 Å². The fourth-order valence-electron chi connectivity index (χ4n) is 1.82. The summed E-state index contributed by atoms with van der Waals surface area (Å²) >= 11 is 0. The first-order valence-electron chi connectivity index (χ1n) is 5.29. The van der Waals surface area contributed by atoms with Crippen LogP contribution in [0.15, 0.2) is 12.2 Å².